The third kappa shape index (κ3) is 8.57. The molecule has 0 heterocycles. The first-order chi connectivity index (χ1) is 12.9. The van der Waals surface area contributed by atoms with Crippen LogP contribution < -0.4 is 14.8 Å². The number of methoxy groups -OCH3 is 2. The lowest BCUT2D eigenvalue weighted by Gasteiger charge is -2.10. The zero-order valence-corrected chi connectivity index (χ0v) is 16.7. The highest BCUT2D eigenvalue weighted by molar-refractivity contribution is 9.10. The third-order valence-electron chi connectivity index (χ3n) is 3.44. The average Bonchev–Trinajstić information content (AvgIpc) is 2.65. The number of hydrogen-bond donors (Lipinski definition) is 3. The molecule has 0 spiro atoms. The minimum absolute atomic E-state index is 0.767. The average molecular weight is 440 g/mol. The molecule has 3 N–H and O–H groups in total. The minimum Gasteiger partial charge on any atom is -0.493 e. The normalized spacial score (nSPS) is 9.74. The summed E-state index contributed by atoms with van der Waals surface area (Å²) in [7, 11) is 3.31. The number of halogens is 1. The van der Waals surface area contributed by atoms with E-state index >= 15 is 0 Å². The van der Waals surface area contributed by atoms with E-state index in [-0.39, 0.29) is 0 Å². The van der Waals surface area contributed by atoms with E-state index in [1.165, 1.54) is 11.1 Å². The van der Waals surface area contributed by atoms with Gasteiger partial charge in [-0.15, -0.1) is 0 Å². The molecule has 8 heteroatoms. The molecule has 0 bridgehead atoms. The number of hydrogen-bond acceptors (Lipinski definition) is 5. The summed E-state index contributed by atoms with van der Waals surface area (Å²) in [6.45, 7) is 1.79. The number of carboxylic acid groups (broad SMARTS) is 2. The van der Waals surface area contributed by atoms with Crippen LogP contribution in [-0.2, 0) is 22.6 Å². The van der Waals surface area contributed by atoms with Crippen LogP contribution in [0.1, 0.15) is 11.1 Å². The predicted octanol–water partition coefficient (Wildman–Crippen LogP) is 2.95. The molecule has 0 saturated heterocycles. The summed E-state index contributed by atoms with van der Waals surface area (Å²) in [6.07, 6.45) is 0.953. The van der Waals surface area contributed by atoms with E-state index in [1.54, 1.807) is 14.2 Å². The molecular weight excluding hydrogens is 418 g/mol. The van der Waals surface area contributed by atoms with E-state index in [0.29, 0.717) is 0 Å². The number of ether oxygens (including phenoxy) is 2. The smallest absolute Gasteiger partial charge is 0.414 e. The van der Waals surface area contributed by atoms with Gasteiger partial charge in [-0.1, -0.05) is 34.1 Å². The predicted molar refractivity (Wildman–Crippen MR) is 104 cm³/mol. The first kappa shape index (κ1) is 22.5. The minimum atomic E-state index is -1.82. The van der Waals surface area contributed by atoms with E-state index < -0.39 is 11.9 Å². The molecule has 0 amide bonds. The molecule has 0 radical (unpaired) electrons. The Morgan fingerprint density at radius 1 is 0.963 bits per heavy atom. The van der Waals surface area contributed by atoms with Gasteiger partial charge in [0, 0.05) is 11.0 Å². The maximum atomic E-state index is 9.10. The van der Waals surface area contributed by atoms with Gasteiger partial charge >= 0.3 is 11.9 Å². The van der Waals surface area contributed by atoms with Crippen LogP contribution in [0.15, 0.2) is 46.9 Å². The van der Waals surface area contributed by atoms with E-state index in [0.717, 1.165) is 35.5 Å². The molecule has 0 fully saturated rings. The highest BCUT2D eigenvalue weighted by Crippen LogP contribution is 2.27. The molecule has 0 unspecified atom stereocenters. The summed E-state index contributed by atoms with van der Waals surface area (Å²) >= 11 is 3.48. The Morgan fingerprint density at radius 2 is 1.63 bits per heavy atom. The van der Waals surface area contributed by atoms with Crippen molar-refractivity contribution in [3.63, 3.8) is 0 Å². The Morgan fingerprint density at radius 3 is 2.19 bits per heavy atom. The van der Waals surface area contributed by atoms with Gasteiger partial charge in [0.15, 0.2) is 11.5 Å². The highest BCUT2D eigenvalue weighted by Gasteiger charge is 2.05. The molecule has 0 atom stereocenters. The first-order valence-corrected chi connectivity index (χ1v) is 8.79. The Labute approximate surface area is 166 Å². The fourth-order valence-electron chi connectivity index (χ4n) is 2.15. The van der Waals surface area contributed by atoms with Crippen LogP contribution >= 0.6 is 15.9 Å². The van der Waals surface area contributed by atoms with Crippen LogP contribution in [0.4, 0.5) is 0 Å². The zero-order chi connectivity index (χ0) is 20.2. The van der Waals surface area contributed by atoms with Gasteiger partial charge in [-0.25, -0.2) is 9.59 Å². The molecular formula is C19H22BrNO6. The second kappa shape index (κ2) is 11.9. The fourth-order valence-corrected chi connectivity index (χ4v) is 2.60. The maximum Gasteiger partial charge on any atom is 0.414 e. The van der Waals surface area contributed by atoms with E-state index in [2.05, 4.69) is 45.5 Å². The van der Waals surface area contributed by atoms with Gasteiger partial charge in [0.2, 0.25) is 0 Å². The van der Waals surface area contributed by atoms with Crippen molar-refractivity contribution in [2.45, 2.75) is 13.0 Å². The molecule has 2 rings (SSSR count). The number of nitrogens with one attached hydrogen (secondary N) is 1. The molecule has 27 heavy (non-hydrogen) atoms. The molecule has 7 nitrogen and oxygen atoms in total. The van der Waals surface area contributed by atoms with Crippen LogP contribution in [0.3, 0.4) is 0 Å². The Hall–Kier alpha value is -2.58. The van der Waals surface area contributed by atoms with Crippen molar-refractivity contribution in [3.05, 3.63) is 58.1 Å². The van der Waals surface area contributed by atoms with Crippen LogP contribution in [0.5, 0.6) is 11.5 Å². The van der Waals surface area contributed by atoms with Crippen molar-refractivity contribution in [3.8, 4) is 11.5 Å². The van der Waals surface area contributed by atoms with Crippen LogP contribution in [-0.4, -0.2) is 42.9 Å². The van der Waals surface area contributed by atoms with Crippen LogP contribution in [0, 0.1) is 0 Å². The maximum absolute atomic E-state index is 9.10. The third-order valence-corrected chi connectivity index (χ3v) is 3.93. The summed E-state index contributed by atoms with van der Waals surface area (Å²) in [6, 6.07) is 14.4. The quantitative estimate of drug-likeness (QED) is 0.449. The lowest BCUT2D eigenvalue weighted by Crippen LogP contribution is -2.16. The second-order valence-corrected chi connectivity index (χ2v) is 6.27. The lowest BCUT2D eigenvalue weighted by molar-refractivity contribution is -0.159. The molecule has 0 aliphatic carbocycles. The second-order valence-electron chi connectivity index (χ2n) is 5.36. The SMILES string of the molecule is COc1ccc(CCNCc2cccc(Br)c2)cc1OC.O=C(O)C(=O)O. The molecule has 0 saturated carbocycles. The van der Waals surface area contributed by atoms with Crippen molar-refractivity contribution in [1.29, 1.82) is 0 Å². The van der Waals surface area contributed by atoms with Gasteiger partial charge in [-0.3, -0.25) is 0 Å². The summed E-state index contributed by atoms with van der Waals surface area (Å²) in [5, 5.41) is 18.2. The molecule has 146 valence electrons. The number of carbonyl (C=O) groups is 2. The first-order valence-electron chi connectivity index (χ1n) is 7.99. The lowest BCUT2D eigenvalue weighted by atomic mass is 10.1. The number of benzene rings is 2. The Kier molecular flexibility index (Phi) is 9.92. The summed E-state index contributed by atoms with van der Waals surface area (Å²) < 4.78 is 11.7. The molecule has 0 aromatic heterocycles. The zero-order valence-electron chi connectivity index (χ0n) is 15.1. The standard InChI is InChI=1S/C17H20BrNO2.C2H2O4/c1-20-16-7-6-13(11-17(16)21-2)8-9-19-12-14-4-3-5-15(18)10-14;3-1(4)2(5)6/h3-7,10-11,19H,8-9,12H2,1-2H3;(H,3,4)(H,5,6). The molecule has 2 aromatic carbocycles. The van der Waals surface area contributed by atoms with Gasteiger partial charge in [0.1, 0.15) is 0 Å². The van der Waals surface area contributed by atoms with Gasteiger partial charge in [-0.05, 0) is 48.4 Å². The highest BCUT2D eigenvalue weighted by atomic mass is 79.9. The number of aliphatic carboxylic acids is 2. The van der Waals surface area contributed by atoms with E-state index in [9.17, 15) is 0 Å². The monoisotopic (exact) mass is 439 g/mol. The summed E-state index contributed by atoms with van der Waals surface area (Å²) in [5.41, 5.74) is 2.51. The summed E-state index contributed by atoms with van der Waals surface area (Å²) in [4.78, 5) is 18.2. The Bertz CT molecular complexity index is 754. The largest absolute Gasteiger partial charge is 0.493 e. The molecule has 0 aliphatic rings. The number of carboxylic acids is 2. The van der Waals surface area contributed by atoms with Crippen LogP contribution in [0.2, 0.25) is 0 Å². The molecule has 2 aromatic rings. The van der Waals surface area contributed by atoms with Gasteiger partial charge < -0.3 is 25.0 Å². The molecule has 0 aliphatic heterocycles. The Balaban J connectivity index is 0.000000527. The van der Waals surface area contributed by atoms with Crippen molar-refractivity contribution in [2.24, 2.45) is 0 Å². The topological polar surface area (TPSA) is 105 Å². The van der Waals surface area contributed by atoms with Crippen molar-refractivity contribution >= 4 is 27.9 Å². The van der Waals surface area contributed by atoms with E-state index in [1.807, 2.05) is 18.2 Å². The fraction of sp³-hybridized carbons (Fsp3) is 0.263. The van der Waals surface area contributed by atoms with Gasteiger partial charge in [-0.2, -0.15) is 0 Å². The van der Waals surface area contributed by atoms with Crippen molar-refractivity contribution < 1.29 is 29.3 Å². The van der Waals surface area contributed by atoms with Gasteiger partial charge in [0.25, 0.3) is 0 Å². The van der Waals surface area contributed by atoms with E-state index in [4.69, 9.17) is 29.3 Å². The van der Waals surface area contributed by atoms with Gasteiger partial charge in [0.05, 0.1) is 14.2 Å². The van der Waals surface area contributed by atoms with Crippen molar-refractivity contribution in [2.75, 3.05) is 20.8 Å². The van der Waals surface area contributed by atoms with Crippen molar-refractivity contribution in [1.82, 2.24) is 5.32 Å². The number of rotatable bonds is 7. The van der Waals surface area contributed by atoms with Crippen LogP contribution in [0.25, 0.3) is 0 Å². The summed E-state index contributed by atoms with van der Waals surface area (Å²) in [5.74, 6) is -2.10.